The number of rotatable bonds is 5. The number of halogens is 2. The van der Waals surface area contributed by atoms with Crippen LogP contribution in [0, 0.1) is 5.82 Å². The maximum atomic E-state index is 14.0. The molecular weight excluding hydrogens is 359 g/mol. The molecule has 1 aromatic carbocycles. The largest absolute Gasteiger partial charge is 0.312 e. The highest BCUT2D eigenvalue weighted by Gasteiger charge is 2.39. The van der Waals surface area contributed by atoms with Crippen LogP contribution in [0.5, 0.6) is 0 Å². The second kappa shape index (κ2) is 5.95. The predicted molar refractivity (Wildman–Crippen MR) is 83.1 cm³/mol. The van der Waals surface area contributed by atoms with E-state index in [-0.39, 0.29) is 23.2 Å². The number of sulfonamides is 1. The van der Waals surface area contributed by atoms with E-state index in [0.29, 0.717) is 16.5 Å². The zero-order chi connectivity index (χ0) is 15.0. The SMILES string of the molecule is O=S(=O)(N[C@H]1CCN[C@H]1Cc1cccc(Br)c1F)C1CC1. The van der Waals surface area contributed by atoms with Crippen molar-refractivity contribution in [3.63, 3.8) is 0 Å². The van der Waals surface area contributed by atoms with Crippen LogP contribution in [0.2, 0.25) is 0 Å². The lowest BCUT2D eigenvalue weighted by Crippen LogP contribution is -2.45. The van der Waals surface area contributed by atoms with Gasteiger partial charge in [0.1, 0.15) is 5.82 Å². The molecule has 7 heteroatoms. The topological polar surface area (TPSA) is 58.2 Å². The first-order valence-corrected chi connectivity index (χ1v) is 9.49. The molecule has 21 heavy (non-hydrogen) atoms. The van der Waals surface area contributed by atoms with Gasteiger partial charge < -0.3 is 5.32 Å². The Morgan fingerprint density at radius 3 is 2.81 bits per heavy atom. The van der Waals surface area contributed by atoms with Crippen molar-refractivity contribution in [2.45, 2.75) is 43.0 Å². The Hall–Kier alpha value is -0.500. The van der Waals surface area contributed by atoms with Crippen molar-refractivity contribution in [3.05, 3.63) is 34.1 Å². The zero-order valence-electron chi connectivity index (χ0n) is 11.5. The van der Waals surface area contributed by atoms with Crippen LogP contribution in [0.25, 0.3) is 0 Å². The molecule has 1 heterocycles. The quantitative estimate of drug-likeness (QED) is 0.825. The summed E-state index contributed by atoms with van der Waals surface area (Å²) in [5.74, 6) is -0.269. The lowest BCUT2D eigenvalue weighted by Gasteiger charge is -2.21. The molecule has 1 saturated heterocycles. The van der Waals surface area contributed by atoms with E-state index in [1.165, 1.54) is 0 Å². The van der Waals surface area contributed by atoms with Crippen LogP contribution in [-0.2, 0) is 16.4 Å². The van der Waals surface area contributed by atoms with E-state index in [9.17, 15) is 12.8 Å². The molecule has 0 radical (unpaired) electrons. The first-order valence-electron chi connectivity index (χ1n) is 7.15. The van der Waals surface area contributed by atoms with Gasteiger partial charge in [-0.05, 0) is 59.8 Å². The summed E-state index contributed by atoms with van der Waals surface area (Å²) >= 11 is 3.18. The molecule has 3 rings (SSSR count). The van der Waals surface area contributed by atoms with Crippen molar-refractivity contribution in [2.75, 3.05) is 6.54 Å². The molecule has 1 aliphatic heterocycles. The summed E-state index contributed by atoms with van der Waals surface area (Å²) in [6, 6.07) is 4.97. The fourth-order valence-corrected chi connectivity index (χ4v) is 4.81. The van der Waals surface area contributed by atoms with E-state index < -0.39 is 10.0 Å². The molecular formula is C14H18BrFN2O2S. The fourth-order valence-electron chi connectivity index (χ4n) is 2.75. The highest BCUT2D eigenvalue weighted by molar-refractivity contribution is 9.10. The number of benzene rings is 1. The predicted octanol–water partition coefficient (Wildman–Crippen LogP) is 1.94. The summed E-state index contributed by atoms with van der Waals surface area (Å²) < 4.78 is 41.4. The summed E-state index contributed by atoms with van der Waals surface area (Å²) in [6.45, 7) is 0.748. The Bertz CT molecular complexity index is 634. The van der Waals surface area contributed by atoms with E-state index >= 15 is 0 Å². The van der Waals surface area contributed by atoms with Gasteiger partial charge in [-0.3, -0.25) is 0 Å². The standard InChI is InChI=1S/C14H18BrFN2O2S/c15-11-3-1-2-9(14(11)16)8-13-12(6-7-17-13)18-21(19,20)10-4-5-10/h1-3,10,12-13,17-18H,4-8H2/t12-,13-/m0/s1. The van der Waals surface area contributed by atoms with Gasteiger partial charge in [0.05, 0.1) is 9.72 Å². The van der Waals surface area contributed by atoms with Crippen molar-refractivity contribution in [3.8, 4) is 0 Å². The van der Waals surface area contributed by atoms with Crippen LogP contribution < -0.4 is 10.0 Å². The molecule has 1 saturated carbocycles. The summed E-state index contributed by atoms with van der Waals surface area (Å²) in [6.07, 6.45) is 2.72. The van der Waals surface area contributed by atoms with Gasteiger partial charge >= 0.3 is 0 Å². The zero-order valence-corrected chi connectivity index (χ0v) is 13.9. The summed E-state index contributed by atoms with van der Waals surface area (Å²) in [7, 11) is -3.21. The summed E-state index contributed by atoms with van der Waals surface area (Å²) in [5, 5.41) is 3.05. The Morgan fingerprint density at radius 1 is 1.33 bits per heavy atom. The normalized spacial score (nSPS) is 26.2. The highest BCUT2D eigenvalue weighted by atomic mass is 79.9. The van der Waals surface area contributed by atoms with Crippen molar-refractivity contribution < 1.29 is 12.8 Å². The van der Waals surface area contributed by atoms with Gasteiger partial charge in [0.25, 0.3) is 0 Å². The van der Waals surface area contributed by atoms with Crippen LogP contribution >= 0.6 is 15.9 Å². The third-order valence-corrected chi connectivity index (χ3v) is 6.69. The van der Waals surface area contributed by atoms with Gasteiger partial charge in [0.2, 0.25) is 10.0 Å². The minimum absolute atomic E-state index is 0.0673. The molecule has 0 aromatic heterocycles. The van der Waals surface area contributed by atoms with Crippen LogP contribution in [-0.4, -0.2) is 32.3 Å². The monoisotopic (exact) mass is 376 g/mol. The van der Waals surface area contributed by atoms with Gasteiger partial charge in [-0.2, -0.15) is 0 Å². The van der Waals surface area contributed by atoms with Gasteiger partial charge in [0.15, 0.2) is 0 Å². The highest BCUT2D eigenvalue weighted by Crippen LogP contribution is 2.29. The number of nitrogens with one attached hydrogen (secondary N) is 2. The second-order valence-corrected chi connectivity index (χ2v) is 8.58. The summed E-state index contributed by atoms with van der Waals surface area (Å²) in [5.41, 5.74) is 0.597. The second-order valence-electron chi connectivity index (χ2n) is 5.74. The average molecular weight is 377 g/mol. The van der Waals surface area contributed by atoms with Gasteiger partial charge in [-0.25, -0.2) is 17.5 Å². The molecule has 0 bridgehead atoms. The molecule has 0 unspecified atom stereocenters. The molecule has 4 nitrogen and oxygen atoms in total. The van der Waals surface area contributed by atoms with Gasteiger partial charge in [0, 0.05) is 12.1 Å². The molecule has 116 valence electrons. The maximum Gasteiger partial charge on any atom is 0.214 e. The van der Waals surface area contributed by atoms with Crippen molar-refractivity contribution in [1.82, 2.24) is 10.0 Å². The van der Waals surface area contributed by atoms with E-state index in [4.69, 9.17) is 0 Å². The molecule has 0 spiro atoms. The Kier molecular flexibility index (Phi) is 4.36. The molecule has 2 aliphatic rings. The summed E-state index contributed by atoms with van der Waals surface area (Å²) in [4.78, 5) is 0. The van der Waals surface area contributed by atoms with Crippen molar-refractivity contribution >= 4 is 26.0 Å². The third-order valence-electron chi connectivity index (χ3n) is 4.10. The van der Waals surface area contributed by atoms with Gasteiger partial charge in [-0.1, -0.05) is 12.1 Å². The van der Waals surface area contributed by atoms with Crippen molar-refractivity contribution in [1.29, 1.82) is 0 Å². The Labute approximate surface area is 132 Å². The Morgan fingerprint density at radius 2 is 2.10 bits per heavy atom. The lowest BCUT2D eigenvalue weighted by molar-refractivity contribution is 0.482. The Balaban J connectivity index is 1.71. The number of hydrogen-bond acceptors (Lipinski definition) is 3. The van der Waals surface area contributed by atoms with Crippen molar-refractivity contribution in [2.24, 2.45) is 0 Å². The van der Waals surface area contributed by atoms with E-state index in [1.54, 1.807) is 18.2 Å². The van der Waals surface area contributed by atoms with E-state index in [1.807, 2.05) is 0 Å². The van der Waals surface area contributed by atoms with E-state index in [0.717, 1.165) is 25.8 Å². The van der Waals surface area contributed by atoms with Crippen LogP contribution in [0.15, 0.2) is 22.7 Å². The molecule has 2 fully saturated rings. The van der Waals surface area contributed by atoms with Crippen LogP contribution in [0.3, 0.4) is 0 Å². The number of hydrogen-bond donors (Lipinski definition) is 2. The molecule has 2 atom stereocenters. The smallest absolute Gasteiger partial charge is 0.214 e. The third kappa shape index (κ3) is 3.47. The van der Waals surface area contributed by atoms with Crippen LogP contribution in [0.4, 0.5) is 4.39 Å². The first kappa shape index (κ1) is 15.4. The van der Waals surface area contributed by atoms with E-state index in [2.05, 4.69) is 26.0 Å². The minimum Gasteiger partial charge on any atom is -0.312 e. The molecule has 1 aliphatic carbocycles. The minimum atomic E-state index is -3.21. The average Bonchev–Trinajstić information content (AvgIpc) is 3.20. The van der Waals surface area contributed by atoms with Crippen LogP contribution in [0.1, 0.15) is 24.8 Å². The fraction of sp³-hybridized carbons (Fsp3) is 0.571. The first-order chi connectivity index (χ1) is 9.97. The maximum absolute atomic E-state index is 14.0. The lowest BCUT2D eigenvalue weighted by atomic mass is 10.0. The molecule has 2 N–H and O–H groups in total. The molecule has 0 amide bonds. The van der Waals surface area contributed by atoms with Gasteiger partial charge in [-0.15, -0.1) is 0 Å². The molecule has 1 aromatic rings.